The van der Waals surface area contributed by atoms with Gasteiger partial charge in [0.25, 0.3) is 0 Å². The molecule has 1 aromatic rings. The van der Waals surface area contributed by atoms with Gasteiger partial charge in [0, 0.05) is 40.9 Å². The number of guanidine groups is 1. The van der Waals surface area contributed by atoms with Gasteiger partial charge in [-0.15, -0.1) is 24.0 Å². The van der Waals surface area contributed by atoms with E-state index < -0.39 is 0 Å². The summed E-state index contributed by atoms with van der Waals surface area (Å²) in [6, 6.07) is 0. The first-order valence-electron chi connectivity index (χ1n) is 4.98. The lowest BCUT2D eigenvalue weighted by molar-refractivity contribution is 0.479. The topological polar surface area (TPSA) is 47.5 Å². The van der Waals surface area contributed by atoms with Crippen molar-refractivity contribution < 1.29 is 0 Å². The van der Waals surface area contributed by atoms with Crippen molar-refractivity contribution in [2.24, 2.45) is 4.99 Å². The molecule has 5 nitrogen and oxygen atoms in total. The van der Waals surface area contributed by atoms with Crippen LogP contribution in [0.2, 0.25) is 0 Å². The van der Waals surface area contributed by atoms with Crippen molar-refractivity contribution in [1.82, 2.24) is 20.0 Å². The van der Waals surface area contributed by atoms with Gasteiger partial charge in [-0.05, 0) is 12.0 Å². The number of aliphatic imine (C=N–C) groups is 1. The van der Waals surface area contributed by atoms with E-state index in [0.717, 1.165) is 18.9 Å². The molecule has 0 atom stereocenters. The fourth-order valence-electron chi connectivity index (χ4n) is 1.38. The van der Waals surface area contributed by atoms with Crippen LogP contribution in [0.25, 0.3) is 0 Å². The first kappa shape index (κ1) is 15.2. The second-order valence-electron chi connectivity index (χ2n) is 3.83. The van der Waals surface area contributed by atoms with Crippen molar-refractivity contribution in [3.05, 3.63) is 18.0 Å². The summed E-state index contributed by atoms with van der Waals surface area (Å²) in [5, 5.41) is 6.69. The molecule has 16 heavy (non-hydrogen) atoms. The lowest BCUT2D eigenvalue weighted by Gasteiger charge is -2.22. The van der Waals surface area contributed by atoms with Crippen LogP contribution in [0.1, 0.15) is 5.56 Å². The Morgan fingerprint density at radius 2 is 1.94 bits per heavy atom. The molecule has 0 aliphatic rings. The van der Waals surface area contributed by atoms with E-state index >= 15 is 0 Å². The lowest BCUT2D eigenvalue weighted by atomic mass is 10.3. The zero-order valence-electron chi connectivity index (χ0n) is 10.3. The maximum Gasteiger partial charge on any atom is 0.195 e. The predicted molar refractivity (Wildman–Crippen MR) is 77.4 cm³/mol. The molecule has 0 spiro atoms. The molecule has 0 unspecified atom stereocenters. The van der Waals surface area contributed by atoms with Crippen molar-refractivity contribution >= 4 is 29.9 Å². The van der Waals surface area contributed by atoms with E-state index in [1.807, 2.05) is 50.4 Å². The van der Waals surface area contributed by atoms with Gasteiger partial charge in [0.1, 0.15) is 0 Å². The minimum Gasteiger partial charge on any atom is -0.349 e. The number of aromatic amines is 1. The van der Waals surface area contributed by atoms with Crippen LogP contribution in [0.4, 0.5) is 0 Å². The number of hydrogen-bond acceptors (Lipinski definition) is 2. The van der Waals surface area contributed by atoms with Gasteiger partial charge in [0.15, 0.2) is 5.96 Å². The van der Waals surface area contributed by atoms with Crippen LogP contribution < -0.4 is 0 Å². The number of H-pyrrole nitrogens is 1. The summed E-state index contributed by atoms with van der Waals surface area (Å²) in [4.78, 5) is 8.54. The minimum atomic E-state index is 0. The van der Waals surface area contributed by atoms with E-state index in [-0.39, 0.29) is 24.0 Å². The molecule has 0 radical (unpaired) electrons. The third kappa shape index (κ3) is 4.82. The van der Waals surface area contributed by atoms with Crippen molar-refractivity contribution in [1.29, 1.82) is 0 Å². The van der Waals surface area contributed by atoms with Crippen molar-refractivity contribution in [2.75, 3.05) is 34.7 Å². The third-order valence-corrected chi connectivity index (χ3v) is 2.01. The summed E-state index contributed by atoms with van der Waals surface area (Å²) in [5.41, 5.74) is 1.19. The Hall–Kier alpha value is -0.790. The maximum atomic E-state index is 4.52. The van der Waals surface area contributed by atoms with Gasteiger partial charge in [0.2, 0.25) is 0 Å². The summed E-state index contributed by atoms with van der Waals surface area (Å²) >= 11 is 0. The molecular weight excluding hydrogens is 317 g/mol. The van der Waals surface area contributed by atoms with E-state index in [9.17, 15) is 0 Å². The molecule has 0 amide bonds. The third-order valence-electron chi connectivity index (χ3n) is 2.01. The first-order valence-corrected chi connectivity index (χ1v) is 4.98. The highest BCUT2D eigenvalue weighted by Gasteiger charge is 2.03. The minimum absolute atomic E-state index is 0. The molecule has 6 heteroatoms. The normalized spacial score (nSPS) is 9.25. The maximum absolute atomic E-state index is 4.52. The molecule has 0 aliphatic carbocycles. The Morgan fingerprint density at radius 1 is 1.31 bits per heavy atom. The molecule has 0 fully saturated rings. The number of nitrogens with zero attached hydrogens (tertiary/aromatic N) is 4. The predicted octanol–water partition coefficient (Wildman–Crippen LogP) is 1.05. The van der Waals surface area contributed by atoms with Crippen LogP contribution in [0.5, 0.6) is 0 Å². The zero-order chi connectivity index (χ0) is 11.3. The SMILES string of the molecule is CN(C)C(=NCCc1cn[nH]c1)N(C)C.I. The monoisotopic (exact) mass is 337 g/mol. The Balaban J connectivity index is 0.00000225. The highest BCUT2D eigenvalue weighted by atomic mass is 127. The average molecular weight is 337 g/mol. The molecular formula is C10H20IN5. The van der Waals surface area contributed by atoms with Gasteiger partial charge in [0.05, 0.1) is 6.20 Å². The van der Waals surface area contributed by atoms with Gasteiger partial charge in [-0.3, -0.25) is 10.1 Å². The zero-order valence-corrected chi connectivity index (χ0v) is 12.6. The number of rotatable bonds is 3. The Bertz CT molecular complexity index is 295. The quantitative estimate of drug-likeness (QED) is 0.510. The largest absolute Gasteiger partial charge is 0.349 e. The first-order chi connectivity index (χ1) is 7.11. The molecule has 92 valence electrons. The van der Waals surface area contributed by atoms with Crippen molar-refractivity contribution in [3.8, 4) is 0 Å². The number of aromatic nitrogens is 2. The van der Waals surface area contributed by atoms with Gasteiger partial charge in [-0.2, -0.15) is 5.10 Å². The van der Waals surface area contributed by atoms with Crippen LogP contribution in [-0.4, -0.2) is 60.7 Å². The van der Waals surface area contributed by atoms with Gasteiger partial charge in [-0.25, -0.2) is 0 Å². The second kappa shape index (κ2) is 7.48. The van der Waals surface area contributed by atoms with Crippen molar-refractivity contribution in [2.45, 2.75) is 6.42 Å². The molecule has 1 N–H and O–H groups in total. The highest BCUT2D eigenvalue weighted by Crippen LogP contribution is 1.96. The van der Waals surface area contributed by atoms with Crippen LogP contribution in [0, 0.1) is 0 Å². The van der Waals surface area contributed by atoms with E-state index in [2.05, 4.69) is 15.2 Å². The number of nitrogens with one attached hydrogen (secondary N) is 1. The van der Waals surface area contributed by atoms with E-state index in [1.165, 1.54) is 5.56 Å². The van der Waals surface area contributed by atoms with Gasteiger partial charge < -0.3 is 9.80 Å². The second-order valence-corrected chi connectivity index (χ2v) is 3.83. The van der Waals surface area contributed by atoms with Gasteiger partial charge >= 0.3 is 0 Å². The van der Waals surface area contributed by atoms with Crippen molar-refractivity contribution in [3.63, 3.8) is 0 Å². The standard InChI is InChI=1S/C10H19N5.HI/c1-14(2)10(15(3)4)11-6-5-9-7-12-13-8-9;/h7-8H,5-6H2,1-4H3,(H,12,13);1H. The number of halogens is 1. The van der Waals surface area contributed by atoms with Crippen LogP contribution in [0.15, 0.2) is 17.4 Å². The van der Waals surface area contributed by atoms with Crippen LogP contribution >= 0.6 is 24.0 Å². The fourth-order valence-corrected chi connectivity index (χ4v) is 1.38. The Kier molecular flexibility index (Phi) is 7.11. The van der Waals surface area contributed by atoms with E-state index in [0.29, 0.717) is 0 Å². The molecule has 1 heterocycles. The lowest BCUT2D eigenvalue weighted by Crippen LogP contribution is -2.35. The molecule has 0 bridgehead atoms. The van der Waals surface area contributed by atoms with E-state index in [4.69, 9.17) is 0 Å². The highest BCUT2D eigenvalue weighted by molar-refractivity contribution is 14.0. The molecule has 0 aliphatic heterocycles. The summed E-state index contributed by atoms with van der Waals surface area (Å²) in [6.07, 6.45) is 4.66. The summed E-state index contributed by atoms with van der Waals surface area (Å²) in [7, 11) is 7.99. The van der Waals surface area contributed by atoms with Gasteiger partial charge in [-0.1, -0.05) is 0 Å². The molecule has 1 aromatic heterocycles. The molecule has 1 rings (SSSR count). The summed E-state index contributed by atoms with van der Waals surface area (Å²) in [6.45, 7) is 0.783. The molecule has 0 aromatic carbocycles. The van der Waals surface area contributed by atoms with Crippen LogP contribution in [-0.2, 0) is 6.42 Å². The van der Waals surface area contributed by atoms with Crippen LogP contribution in [0.3, 0.4) is 0 Å². The Labute approximate surface area is 114 Å². The number of hydrogen-bond donors (Lipinski definition) is 1. The summed E-state index contributed by atoms with van der Waals surface area (Å²) in [5.74, 6) is 0.985. The average Bonchev–Trinajstić information content (AvgIpc) is 2.63. The summed E-state index contributed by atoms with van der Waals surface area (Å²) < 4.78 is 0. The smallest absolute Gasteiger partial charge is 0.195 e. The Morgan fingerprint density at radius 3 is 2.38 bits per heavy atom. The molecule has 0 saturated heterocycles. The fraction of sp³-hybridized carbons (Fsp3) is 0.600. The molecule has 0 saturated carbocycles. The van der Waals surface area contributed by atoms with E-state index in [1.54, 1.807) is 0 Å².